The van der Waals surface area contributed by atoms with Gasteiger partial charge in [-0.05, 0) is 24.3 Å². The van der Waals surface area contributed by atoms with Crippen LogP contribution in [-0.2, 0) is 16.6 Å². The second-order valence-electron chi connectivity index (χ2n) is 6.56. The van der Waals surface area contributed by atoms with Crippen molar-refractivity contribution in [2.45, 2.75) is 11.4 Å². The van der Waals surface area contributed by atoms with Crippen molar-refractivity contribution < 1.29 is 13.2 Å². The molecule has 29 heavy (non-hydrogen) atoms. The number of sulfonamides is 1. The summed E-state index contributed by atoms with van der Waals surface area (Å²) in [6.45, 7) is 1.83. The fourth-order valence-electron chi connectivity index (χ4n) is 3.37. The van der Waals surface area contributed by atoms with Gasteiger partial charge in [0.1, 0.15) is 12.4 Å². The van der Waals surface area contributed by atoms with Crippen LogP contribution in [0.15, 0.2) is 59.2 Å². The Morgan fingerprint density at radius 1 is 1.24 bits per heavy atom. The van der Waals surface area contributed by atoms with Gasteiger partial charge in [-0.25, -0.2) is 13.4 Å². The lowest BCUT2D eigenvalue weighted by molar-refractivity contribution is 0.306. The zero-order valence-corrected chi connectivity index (χ0v) is 16.8. The van der Waals surface area contributed by atoms with Crippen molar-refractivity contribution >= 4 is 43.2 Å². The quantitative estimate of drug-likeness (QED) is 0.507. The molecule has 1 aliphatic heterocycles. The summed E-state index contributed by atoms with van der Waals surface area (Å²) in [4.78, 5) is 14.0. The summed E-state index contributed by atoms with van der Waals surface area (Å²) in [5, 5.41) is 2.04. The third-order valence-corrected chi connectivity index (χ3v) is 6.88. The Labute approximate surface area is 171 Å². The van der Waals surface area contributed by atoms with Crippen molar-refractivity contribution in [3.05, 3.63) is 59.9 Å². The molecule has 0 saturated heterocycles. The zero-order chi connectivity index (χ0) is 19.8. The number of pyridine rings is 1. The van der Waals surface area contributed by atoms with Crippen molar-refractivity contribution in [3.8, 4) is 5.75 Å². The van der Waals surface area contributed by atoms with Crippen LogP contribution in [-0.4, -0.2) is 36.5 Å². The number of hydrogen-bond donors (Lipinski definition) is 2. The second-order valence-corrected chi connectivity index (χ2v) is 9.13. The molecule has 8 nitrogen and oxygen atoms in total. The number of aromatic amines is 1. The molecule has 148 valence electrons. The third-order valence-electron chi connectivity index (χ3n) is 4.73. The number of anilines is 2. The van der Waals surface area contributed by atoms with Gasteiger partial charge in [0.25, 0.3) is 10.0 Å². The van der Waals surface area contributed by atoms with E-state index in [1.165, 1.54) is 11.3 Å². The number of aromatic nitrogens is 3. The molecule has 3 aromatic heterocycles. The molecule has 0 atom stereocenters. The first-order valence-electron chi connectivity index (χ1n) is 8.95. The zero-order valence-electron chi connectivity index (χ0n) is 15.2. The van der Waals surface area contributed by atoms with E-state index in [4.69, 9.17) is 4.74 Å². The van der Waals surface area contributed by atoms with Crippen LogP contribution in [0, 0.1) is 0 Å². The standard InChI is InChI=1S/C19H17N5O3S2/c25-29(26,23-19-21-6-9-28-19)14-3-4-16-17(10-14)27-8-7-24(16)12-13-11-22-15-2-1-5-20-18(13)15/h1-6,9-11,22H,7-8,12H2,(H,21,23). The number of ether oxygens (including phenoxy) is 1. The van der Waals surface area contributed by atoms with Crippen LogP contribution in [0.25, 0.3) is 11.0 Å². The summed E-state index contributed by atoms with van der Waals surface area (Å²) in [6.07, 6.45) is 5.29. The number of H-pyrrole nitrogens is 1. The highest BCUT2D eigenvalue weighted by Crippen LogP contribution is 2.35. The van der Waals surface area contributed by atoms with Gasteiger partial charge in [0.05, 0.1) is 28.2 Å². The van der Waals surface area contributed by atoms with Crippen LogP contribution in [0.2, 0.25) is 0 Å². The van der Waals surface area contributed by atoms with Crippen LogP contribution < -0.4 is 14.4 Å². The van der Waals surface area contributed by atoms with Gasteiger partial charge in [-0.1, -0.05) is 0 Å². The molecule has 1 aromatic carbocycles. The van der Waals surface area contributed by atoms with E-state index < -0.39 is 10.0 Å². The Balaban J connectivity index is 1.44. The Hall–Kier alpha value is -3.11. The van der Waals surface area contributed by atoms with Crippen LogP contribution in [0.1, 0.15) is 5.56 Å². The number of fused-ring (bicyclic) bond motifs is 2. The Morgan fingerprint density at radius 2 is 2.17 bits per heavy atom. The second kappa shape index (κ2) is 7.05. The minimum absolute atomic E-state index is 0.141. The van der Waals surface area contributed by atoms with Crippen LogP contribution in [0.4, 0.5) is 10.8 Å². The maximum Gasteiger partial charge on any atom is 0.263 e. The average Bonchev–Trinajstić information content (AvgIpc) is 3.38. The van der Waals surface area contributed by atoms with Crippen molar-refractivity contribution in [2.24, 2.45) is 0 Å². The van der Waals surface area contributed by atoms with E-state index in [1.807, 2.05) is 18.3 Å². The van der Waals surface area contributed by atoms with Crippen LogP contribution >= 0.6 is 11.3 Å². The minimum Gasteiger partial charge on any atom is -0.490 e. The Kier molecular flexibility index (Phi) is 4.36. The molecule has 4 heterocycles. The SMILES string of the molecule is O=S(=O)(Nc1nccs1)c1ccc2c(c1)OCCN2Cc1c[nH]c2cccnc12. The van der Waals surface area contributed by atoms with Gasteiger partial charge in [-0.3, -0.25) is 9.71 Å². The predicted octanol–water partition coefficient (Wildman–Crippen LogP) is 3.22. The number of rotatable bonds is 5. The molecule has 5 rings (SSSR count). The van der Waals surface area contributed by atoms with Crippen molar-refractivity contribution in [2.75, 3.05) is 22.8 Å². The van der Waals surface area contributed by atoms with E-state index >= 15 is 0 Å². The fraction of sp³-hybridized carbons (Fsp3) is 0.158. The molecule has 0 aliphatic carbocycles. The van der Waals surface area contributed by atoms with Gasteiger partial charge in [0.15, 0.2) is 5.13 Å². The summed E-state index contributed by atoms with van der Waals surface area (Å²) in [7, 11) is -3.73. The van der Waals surface area contributed by atoms with Gasteiger partial charge in [0, 0.05) is 42.1 Å². The third kappa shape index (κ3) is 3.40. The maximum absolute atomic E-state index is 12.6. The number of hydrogen-bond acceptors (Lipinski definition) is 7. The molecule has 0 fully saturated rings. The van der Waals surface area contributed by atoms with E-state index in [2.05, 4.69) is 24.6 Å². The molecule has 4 aromatic rings. The molecule has 0 saturated carbocycles. The molecular formula is C19H17N5O3S2. The van der Waals surface area contributed by atoms with Crippen molar-refractivity contribution in [1.82, 2.24) is 15.0 Å². The summed E-state index contributed by atoms with van der Waals surface area (Å²) in [5.74, 6) is 0.547. The summed E-state index contributed by atoms with van der Waals surface area (Å²) >= 11 is 1.23. The first kappa shape index (κ1) is 18.0. The number of nitrogens with zero attached hydrogens (tertiary/aromatic N) is 3. The normalized spacial score (nSPS) is 13.9. The smallest absolute Gasteiger partial charge is 0.263 e. The van der Waals surface area contributed by atoms with E-state index in [0.29, 0.717) is 30.6 Å². The van der Waals surface area contributed by atoms with E-state index in [1.54, 1.807) is 36.0 Å². The minimum atomic E-state index is -3.73. The Morgan fingerprint density at radius 3 is 3.03 bits per heavy atom. The highest BCUT2D eigenvalue weighted by molar-refractivity contribution is 7.93. The average molecular weight is 428 g/mol. The lowest BCUT2D eigenvalue weighted by Gasteiger charge is -2.31. The van der Waals surface area contributed by atoms with Crippen molar-refractivity contribution in [1.29, 1.82) is 0 Å². The number of benzene rings is 1. The number of nitrogens with one attached hydrogen (secondary N) is 2. The largest absolute Gasteiger partial charge is 0.490 e. The monoisotopic (exact) mass is 427 g/mol. The van der Waals surface area contributed by atoms with Gasteiger partial charge >= 0.3 is 0 Å². The molecule has 0 unspecified atom stereocenters. The van der Waals surface area contributed by atoms with Crippen LogP contribution in [0.5, 0.6) is 5.75 Å². The molecule has 0 bridgehead atoms. The van der Waals surface area contributed by atoms with E-state index in [0.717, 1.165) is 22.3 Å². The first-order chi connectivity index (χ1) is 14.1. The summed E-state index contributed by atoms with van der Waals surface area (Å²) < 4.78 is 33.5. The predicted molar refractivity (Wildman–Crippen MR) is 112 cm³/mol. The maximum atomic E-state index is 12.6. The summed E-state index contributed by atoms with van der Waals surface area (Å²) in [6, 6.07) is 8.82. The molecule has 0 radical (unpaired) electrons. The Bertz CT molecular complexity index is 1270. The molecule has 1 aliphatic rings. The first-order valence-corrected chi connectivity index (χ1v) is 11.3. The van der Waals surface area contributed by atoms with E-state index in [9.17, 15) is 8.42 Å². The molecular weight excluding hydrogens is 410 g/mol. The van der Waals surface area contributed by atoms with Gasteiger partial charge < -0.3 is 14.6 Å². The molecule has 2 N–H and O–H groups in total. The van der Waals surface area contributed by atoms with Gasteiger partial charge in [0.2, 0.25) is 0 Å². The van der Waals surface area contributed by atoms with Crippen LogP contribution in [0.3, 0.4) is 0 Å². The fourth-order valence-corrected chi connectivity index (χ4v) is 5.18. The van der Waals surface area contributed by atoms with Crippen molar-refractivity contribution in [3.63, 3.8) is 0 Å². The highest BCUT2D eigenvalue weighted by Gasteiger charge is 2.23. The molecule has 0 spiro atoms. The van der Waals surface area contributed by atoms with Gasteiger partial charge in [-0.2, -0.15) is 0 Å². The molecule has 0 amide bonds. The summed E-state index contributed by atoms with van der Waals surface area (Å²) in [5.41, 5.74) is 3.86. The highest BCUT2D eigenvalue weighted by atomic mass is 32.2. The number of thiazole rings is 1. The lowest BCUT2D eigenvalue weighted by Crippen LogP contribution is -2.32. The topological polar surface area (TPSA) is 100 Å². The lowest BCUT2D eigenvalue weighted by atomic mass is 10.2. The van der Waals surface area contributed by atoms with E-state index in [-0.39, 0.29) is 4.90 Å². The van der Waals surface area contributed by atoms with Gasteiger partial charge in [-0.15, -0.1) is 11.3 Å². The molecule has 10 heteroatoms.